The Morgan fingerprint density at radius 2 is 1.12 bits per heavy atom. The second kappa shape index (κ2) is 7.40. The van der Waals surface area contributed by atoms with Gasteiger partial charge in [-0.2, -0.15) is 0 Å². The summed E-state index contributed by atoms with van der Waals surface area (Å²) in [6.45, 7) is 14.2. The predicted octanol–water partition coefficient (Wildman–Crippen LogP) is 2.53. The van der Waals surface area contributed by atoms with Gasteiger partial charge in [0.25, 0.3) is 13.9 Å². The SMILES string of the molecule is CCOC(OCC)(OCC)[Si](C)(C)OCC. The summed E-state index contributed by atoms with van der Waals surface area (Å²) in [5.74, 6) is 0. The fourth-order valence-electron chi connectivity index (χ4n) is 1.67. The molecule has 0 aliphatic carbocycles. The molecule has 0 radical (unpaired) electrons. The van der Waals surface area contributed by atoms with Gasteiger partial charge in [0.2, 0.25) is 0 Å². The van der Waals surface area contributed by atoms with Crippen molar-refractivity contribution in [2.24, 2.45) is 0 Å². The van der Waals surface area contributed by atoms with Crippen molar-refractivity contribution < 1.29 is 18.6 Å². The van der Waals surface area contributed by atoms with E-state index in [4.69, 9.17) is 18.6 Å². The normalized spacial score (nSPS) is 13.1. The molecule has 0 aromatic heterocycles. The van der Waals surface area contributed by atoms with Gasteiger partial charge in [0, 0.05) is 26.4 Å². The van der Waals surface area contributed by atoms with E-state index < -0.39 is 13.9 Å². The summed E-state index contributed by atoms with van der Waals surface area (Å²) >= 11 is 0. The first kappa shape index (κ1) is 16.1. The Bertz CT molecular complexity index is 168. The molecule has 0 amide bonds. The second-order valence-corrected chi connectivity index (χ2v) is 7.72. The molecule has 0 unspecified atom stereocenters. The molecule has 0 rings (SSSR count). The van der Waals surface area contributed by atoms with E-state index in [2.05, 4.69) is 13.1 Å². The lowest BCUT2D eigenvalue weighted by molar-refractivity contribution is -0.334. The van der Waals surface area contributed by atoms with Crippen LogP contribution in [0.15, 0.2) is 0 Å². The zero-order valence-electron chi connectivity index (χ0n) is 11.5. The van der Waals surface area contributed by atoms with Crippen LogP contribution >= 0.6 is 0 Å². The molecule has 98 valence electrons. The zero-order valence-corrected chi connectivity index (χ0v) is 12.5. The van der Waals surface area contributed by atoms with Crippen molar-refractivity contribution in [3.05, 3.63) is 0 Å². The Balaban J connectivity index is 4.96. The highest BCUT2D eigenvalue weighted by Crippen LogP contribution is 2.29. The molecule has 0 atom stereocenters. The first-order valence-corrected chi connectivity index (χ1v) is 8.96. The van der Waals surface area contributed by atoms with E-state index in [0.717, 1.165) is 0 Å². The van der Waals surface area contributed by atoms with E-state index in [-0.39, 0.29) is 0 Å². The molecule has 0 saturated heterocycles. The molecule has 0 aromatic rings. The molecule has 0 aliphatic heterocycles. The predicted molar refractivity (Wildman–Crippen MR) is 66.7 cm³/mol. The summed E-state index contributed by atoms with van der Waals surface area (Å²) in [4.78, 5) is 0. The number of hydrogen-bond acceptors (Lipinski definition) is 4. The molecule has 0 bridgehead atoms. The Hall–Kier alpha value is 0.0569. The van der Waals surface area contributed by atoms with Crippen LogP contribution in [0.5, 0.6) is 0 Å². The van der Waals surface area contributed by atoms with Crippen LogP contribution in [0.4, 0.5) is 0 Å². The first-order valence-electron chi connectivity index (χ1n) is 6.05. The van der Waals surface area contributed by atoms with E-state index in [1.807, 2.05) is 27.7 Å². The van der Waals surface area contributed by atoms with Gasteiger partial charge in [-0.1, -0.05) is 0 Å². The minimum absolute atomic E-state index is 0.545. The summed E-state index contributed by atoms with van der Waals surface area (Å²) in [6, 6.07) is 0. The third-order valence-corrected chi connectivity index (χ3v) is 5.16. The molecule has 0 saturated carbocycles. The number of rotatable bonds is 9. The van der Waals surface area contributed by atoms with Crippen LogP contribution in [-0.2, 0) is 18.6 Å². The van der Waals surface area contributed by atoms with E-state index in [1.54, 1.807) is 0 Å². The smallest absolute Gasteiger partial charge is 0.289 e. The standard InChI is InChI=1S/C11H26O4Si/c1-7-12-11(13-8-2,14-9-3)16(5,6)15-10-4/h7-10H2,1-6H3. The molecular weight excluding hydrogens is 224 g/mol. The van der Waals surface area contributed by atoms with Gasteiger partial charge < -0.3 is 18.6 Å². The van der Waals surface area contributed by atoms with Crippen LogP contribution < -0.4 is 0 Å². The topological polar surface area (TPSA) is 36.9 Å². The van der Waals surface area contributed by atoms with Crippen LogP contribution in [0.3, 0.4) is 0 Å². The van der Waals surface area contributed by atoms with Crippen LogP contribution in [0, 0.1) is 0 Å². The van der Waals surface area contributed by atoms with Gasteiger partial charge in [0.05, 0.1) is 0 Å². The summed E-state index contributed by atoms with van der Waals surface area (Å²) in [5, 5.41) is 0. The van der Waals surface area contributed by atoms with Gasteiger partial charge in [-0.3, -0.25) is 0 Å². The highest BCUT2D eigenvalue weighted by molar-refractivity contribution is 6.73. The van der Waals surface area contributed by atoms with Gasteiger partial charge in [-0.05, 0) is 40.8 Å². The maximum absolute atomic E-state index is 5.82. The van der Waals surface area contributed by atoms with Crippen LogP contribution in [0.25, 0.3) is 0 Å². The minimum Gasteiger partial charge on any atom is -0.409 e. The van der Waals surface area contributed by atoms with Crippen molar-refractivity contribution >= 4 is 8.32 Å². The minimum atomic E-state index is -2.21. The third-order valence-electron chi connectivity index (χ3n) is 2.25. The van der Waals surface area contributed by atoms with E-state index in [0.29, 0.717) is 26.4 Å². The van der Waals surface area contributed by atoms with Crippen LogP contribution in [-0.4, -0.2) is 40.3 Å². The van der Waals surface area contributed by atoms with Crippen molar-refractivity contribution in [2.75, 3.05) is 26.4 Å². The van der Waals surface area contributed by atoms with Crippen LogP contribution in [0.2, 0.25) is 13.1 Å². The van der Waals surface area contributed by atoms with Gasteiger partial charge in [0.15, 0.2) is 0 Å². The molecule has 0 heterocycles. The van der Waals surface area contributed by atoms with E-state index in [9.17, 15) is 0 Å². The molecular formula is C11H26O4Si. The van der Waals surface area contributed by atoms with Crippen molar-refractivity contribution in [1.82, 2.24) is 0 Å². The maximum Gasteiger partial charge on any atom is 0.289 e. The van der Waals surface area contributed by atoms with Crippen LogP contribution in [0.1, 0.15) is 27.7 Å². The number of hydrogen-bond donors (Lipinski definition) is 0. The summed E-state index contributed by atoms with van der Waals surface area (Å²) in [6.07, 6.45) is 0. The van der Waals surface area contributed by atoms with E-state index in [1.165, 1.54) is 0 Å². The zero-order chi connectivity index (χ0) is 12.7. The average molecular weight is 250 g/mol. The average Bonchev–Trinajstić information content (AvgIpc) is 2.18. The van der Waals surface area contributed by atoms with Gasteiger partial charge in [-0.15, -0.1) is 0 Å². The third kappa shape index (κ3) is 3.82. The van der Waals surface area contributed by atoms with Gasteiger partial charge >= 0.3 is 0 Å². The fraction of sp³-hybridized carbons (Fsp3) is 1.00. The monoisotopic (exact) mass is 250 g/mol. The number of ether oxygens (including phenoxy) is 3. The van der Waals surface area contributed by atoms with E-state index >= 15 is 0 Å². The summed E-state index contributed by atoms with van der Waals surface area (Å²) in [7, 11) is -2.21. The lowest BCUT2D eigenvalue weighted by Gasteiger charge is -2.42. The second-order valence-electron chi connectivity index (χ2n) is 3.80. The molecule has 0 N–H and O–H groups in total. The van der Waals surface area contributed by atoms with Gasteiger partial charge in [-0.25, -0.2) is 0 Å². The molecule has 0 aromatic carbocycles. The molecule has 16 heavy (non-hydrogen) atoms. The molecule has 0 fully saturated rings. The maximum atomic E-state index is 5.82. The lowest BCUT2D eigenvalue weighted by Crippen LogP contribution is -2.62. The fourth-order valence-corrected chi connectivity index (χ4v) is 4.04. The van der Waals surface area contributed by atoms with Crippen molar-refractivity contribution in [3.63, 3.8) is 0 Å². The lowest BCUT2D eigenvalue weighted by atomic mass is 10.8. The Morgan fingerprint density at radius 3 is 1.38 bits per heavy atom. The van der Waals surface area contributed by atoms with Crippen molar-refractivity contribution in [2.45, 2.75) is 46.4 Å². The van der Waals surface area contributed by atoms with Gasteiger partial charge in [0.1, 0.15) is 0 Å². The largest absolute Gasteiger partial charge is 0.409 e. The van der Waals surface area contributed by atoms with Crippen molar-refractivity contribution in [1.29, 1.82) is 0 Å². The van der Waals surface area contributed by atoms with Crippen molar-refractivity contribution in [3.8, 4) is 0 Å². The quantitative estimate of drug-likeness (QED) is 0.465. The Labute approximate surface area is 100 Å². The summed E-state index contributed by atoms with van der Waals surface area (Å²) < 4.78 is 23.0. The molecule has 0 aliphatic rings. The molecule has 0 spiro atoms. The molecule has 5 heteroatoms. The first-order chi connectivity index (χ1) is 7.49. The highest BCUT2D eigenvalue weighted by Gasteiger charge is 2.52. The molecule has 4 nitrogen and oxygen atoms in total. The Morgan fingerprint density at radius 1 is 0.750 bits per heavy atom. The highest BCUT2D eigenvalue weighted by atomic mass is 28.4. The summed E-state index contributed by atoms with van der Waals surface area (Å²) in [5.41, 5.74) is -0.985. The Kier molecular flexibility index (Phi) is 7.42.